The summed E-state index contributed by atoms with van der Waals surface area (Å²) in [4.78, 5) is 17.1. The molecule has 0 radical (unpaired) electrons. The van der Waals surface area contributed by atoms with E-state index < -0.39 is 5.97 Å². The van der Waals surface area contributed by atoms with E-state index in [1.807, 2.05) is 11.3 Å². The van der Waals surface area contributed by atoms with Crippen LogP contribution >= 0.6 is 11.3 Å². The quantitative estimate of drug-likeness (QED) is 0.785. The fourth-order valence-corrected chi connectivity index (χ4v) is 3.75. The molecule has 0 spiro atoms. The van der Waals surface area contributed by atoms with Crippen LogP contribution in [-0.4, -0.2) is 20.5 Å². The predicted octanol–water partition coefficient (Wildman–Crippen LogP) is 4.19. The number of thiazole rings is 1. The third-order valence-corrected chi connectivity index (χ3v) is 5.09. The molecule has 0 bridgehead atoms. The number of aryl methyl sites for hydroxylation is 3. The van der Waals surface area contributed by atoms with Gasteiger partial charge in [-0.3, -0.25) is 4.40 Å². The minimum absolute atomic E-state index is 0.366. The highest BCUT2D eigenvalue weighted by Crippen LogP contribution is 2.31. The van der Waals surface area contributed by atoms with Gasteiger partial charge in [0.05, 0.1) is 11.4 Å². The number of rotatable bonds is 4. The number of fused-ring (bicyclic) bond motifs is 1. The molecule has 0 aliphatic rings. The summed E-state index contributed by atoms with van der Waals surface area (Å²) in [7, 11) is 0. The second-order valence-corrected chi connectivity index (χ2v) is 6.23. The molecule has 0 aliphatic carbocycles. The molecular formula is C17H18N2O2S. The zero-order valence-corrected chi connectivity index (χ0v) is 13.7. The molecule has 0 aliphatic heterocycles. The van der Waals surface area contributed by atoms with E-state index in [0.717, 1.165) is 40.4 Å². The Labute approximate surface area is 133 Å². The van der Waals surface area contributed by atoms with Crippen molar-refractivity contribution in [2.45, 2.75) is 33.6 Å². The van der Waals surface area contributed by atoms with Gasteiger partial charge in [0.2, 0.25) is 0 Å². The average Bonchev–Trinajstić information content (AvgIpc) is 3.04. The van der Waals surface area contributed by atoms with Crippen LogP contribution in [-0.2, 0) is 12.8 Å². The smallest absolute Gasteiger partial charge is 0.347 e. The maximum absolute atomic E-state index is 11.3. The van der Waals surface area contributed by atoms with Crippen molar-refractivity contribution in [3.8, 4) is 11.3 Å². The van der Waals surface area contributed by atoms with Crippen molar-refractivity contribution in [1.29, 1.82) is 0 Å². The molecule has 0 fully saturated rings. The third-order valence-electron chi connectivity index (χ3n) is 3.96. The van der Waals surface area contributed by atoms with E-state index in [2.05, 4.69) is 38.1 Å². The minimum Gasteiger partial charge on any atom is -0.477 e. The van der Waals surface area contributed by atoms with Gasteiger partial charge in [-0.25, -0.2) is 9.78 Å². The van der Waals surface area contributed by atoms with Gasteiger partial charge in [0.1, 0.15) is 4.88 Å². The third kappa shape index (κ3) is 2.22. The van der Waals surface area contributed by atoms with E-state index in [1.165, 1.54) is 16.9 Å². The second-order valence-electron chi connectivity index (χ2n) is 5.25. The molecule has 1 aromatic carbocycles. The molecule has 5 heteroatoms. The van der Waals surface area contributed by atoms with Crippen molar-refractivity contribution in [2.24, 2.45) is 0 Å². The number of benzene rings is 1. The number of hydrogen-bond acceptors (Lipinski definition) is 3. The first-order valence-corrected chi connectivity index (χ1v) is 8.21. The number of aromatic carboxylic acids is 1. The highest BCUT2D eigenvalue weighted by molar-refractivity contribution is 7.19. The normalized spacial score (nSPS) is 11.2. The lowest BCUT2D eigenvalue weighted by molar-refractivity contribution is 0.0701. The Balaban J connectivity index is 2.20. The Morgan fingerprint density at radius 1 is 1.23 bits per heavy atom. The SMILES string of the molecule is CCc1ccc(-c2nc3sc(C(=O)O)c(C)n3c2CC)cc1. The molecule has 0 saturated heterocycles. The summed E-state index contributed by atoms with van der Waals surface area (Å²) in [5, 5.41) is 9.26. The maximum atomic E-state index is 11.3. The Bertz CT molecular complexity index is 844. The molecule has 0 saturated carbocycles. The summed E-state index contributed by atoms with van der Waals surface area (Å²) in [5.41, 5.74) is 5.17. The van der Waals surface area contributed by atoms with Crippen molar-refractivity contribution in [1.82, 2.24) is 9.38 Å². The highest BCUT2D eigenvalue weighted by Gasteiger charge is 2.21. The van der Waals surface area contributed by atoms with Crippen molar-refractivity contribution in [2.75, 3.05) is 0 Å². The molecule has 0 atom stereocenters. The number of carbonyl (C=O) groups is 1. The average molecular weight is 314 g/mol. The predicted molar refractivity (Wildman–Crippen MR) is 89.0 cm³/mol. The Hall–Kier alpha value is -2.14. The van der Waals surface area contributed by atoms with Crippen LogP contribution in [0, 0.1) is 6.92 Å². The summed E-state index contributed by atoms with van der Waals surface area (Å²) in [6, 6.07) is 8.44. The molecule has 4 nitrogen and oxygen atoms in total. The van der Waals surface area contributed by atoms with Crippen LogP contribution in [0.1, 0.15) is 40.5 Å². The lowest BCUT2D eigenvalue weighted by Gasteiger charge is -2.04. The molecule has 2 heterocycles. The number of hydrogen-bond donors (Lipinski definition) is 1. The standard InChI is InChI=1S/C17H18N2O2S/c1-4-11-6-8-12(9-7-11)14-13(5-2)19-10(3)15(16(20)21)22-17(19)18-14/h6-9H,4-5H2,1-3H3,(H,20,21). The first kappa shape index (κ1) is 14.8. The fourth-order valence-electron chi connectivity index (χ4n) is 2.77. The minimum atomic E-state index is -0.885. The van der Waals surface area contributed by atoms with Gasteiger partial charge < -0.3 is 5.11 Å². The van der Waals surface area contributed by atoms with E-state index in [-0.39, 0.29) is 0 Å². The molecule has 1 N–H and O–H groups in total. The summed E-state index contributed by atoms with van der Waals surface area (Å²) < 4.78 is 1.98. The number of carboxylic acid groups (broad SMARTS) is 1. The summed E-state index contributed by atoms with van der Waals surface area (Å²) in [6.45, 7) is 6.05. The van der Waals surface area contributed by atoms with Crippen LogP contribution in [0.3, 0.4) is 0 Å². The lowest BCUT2D eigenvalue weighted by atomic mass is 10.1. The van der Waals surface area contributed by atoms with Crippen molar-refractivity contribution in [3.05, 3.63) is 46.1 Å². The zero-order chi connectivity index (χ0) is 15.9. The van der Waals surface area contributed by atoms with Crippen LogP contribution in [0.4, 0.5) is 0 Å². The van der Waals surface area contributed by atoms with E-state index in [4.69, 9.17) is 4.98 Å². The largest absolute Gasteiger partial charge is 0.477 e. The number of nitrogens with zero attached hydrogens (tertiary/aromatic N) is 2. The Kier molecular flexibility index (Phi) is 3.74. The molecule has 114 valence electrons. The molecule has 22 heavy (non-hydrogen) atoms. The van der Waals surface area contributed by atoms with Crippen LogP contribution < -0.4 is 0 Å². The van der Waals surface area contributed by atoms with Crippen LogP contribution in [0.2, 0.25) is 0 Å². The molecule has 2 aromatic heterocycles. The van der Waals surface area contributed by atoms with Gasteiger partial charge in [0.15, 0.2) is 4.96 Å². The van der Waals surface area contributed by atoms with Crippen LogP contribution in [0.25, 0.3) is 16.2 Å². The zero-order valence-electron chi connectivity index (χ0n) is 12.9. The molecular weight excluding hydrogens is 296 g/mol. The van der Waals surface area contributed by atoms with Crippen molar-refractivity contribution < 1.29 is 9.90 Å². The fraction of sp³-hybridized carbons (Fsp3) is 0.294. The summed E-state index contributed by atoms with van der Waals surface area (Å²) >= 11 is 1.24. The topological polar surface area (TPSA) is 54.6 Å². The lowest BCUT2D eigenvalue weighted by Crippen LogP contribution is -1.99. The number of carboxylic acids is 1. The highest BCUT2D eigenvalue weighted by atomic mass is 32.1. The summed E-state index contributed by atoms with van der Waals surface area (Å²) in [6.07, 6.45) is 1.82. The van der Waals surface area contributed by atoms with Crippen molar-refractivity contribution >= 4 is 22.3 Å². The molecule has 0 amide bonds. The maximum Gasteiger partial charge on any atom is 0.347 e. The van der Waals surface area contributed by atoms with E-state index >= 15 is 0 Å². The van der Waals surface area contributed by atoms with Crippen molar-refractivity contribution in [3.63, 3.8) is 0 Å². The molecule has 3 rings (SSSR count). The van der Waals surface area contributed by atoms with Gasteiger partial charge in [0, 0.05) is 11.3 Å². The van der Waals surface area contributed by atoms with E-state index in [0.29, 0.717) is 4.88 Å². The van der Waals surface area contributed by atoms with Gasteiger partial charge in [-0.15, -0.1) is 0 Å². The van der Waals surface area contributed by atoms with Gasteiger partial charge in [-0.05, 0) is 25.3 Å². The first-order valence-electron chi connectivity index (χ1n) is 7.40. The first-order chi connectivity index (χ1) is 10.6. The van der Waals surface area contributed by atoms with Gasteiger partial charge in [-0.2, -0.15) is 0 Å². The van der Waals surface area contributed by atoms with Crippen LogP contribution in [0.15, 0.2) is 24.3 Å². The monoisotopic (exact) mass is 314 g/mol. The summed E-state index contributed by atoms with van der Waals surface area (Å²) in [5.74, 6) is -0.885. The Morgan fingerprint density at radius 2 is 1.91 bits per heavy atom. The van der Waals surface area contributed by atoms with Crippen LogP contribution in [0.5, 0.6) is 0 Å². The van der Waals surface area contributed by atoms with Gasteiger partial charge in [0.25, 0.3) is 0 Å². The molecule has 3 aromatic rings. The number of aromatic nitrogens is 2. The van der Waals surface area contributed by atoms with E-state index in [1.54, 1.807) is 0 Å². The van der Waals surface area contributed by atoms with Gasteiger partial charge in [-0.1, -0.05) is 49.4 Å². The Morgan fingerprint density at radius 3 is 2.45 bits per heavy atom. The van der Waals surface area contributed by atoms with Gasteiger partial charge >= 0.3 is 5.97 Å². The number of imidazole rings is 1. The second kappa shape index (κ2) is 5.57. The van der Waals surface area contributed by atoms with E-state index in [9.17, 15) is 9.90 Å². The molecule has 0 unspecified atom stereocenters.